The third kappa shape index (κ3) is 4.10. The van der Waals surface area contributed by atoms with Crippen molar-refractivity contribution < 1.29 is 23.0 Å². The fraction of sp³-hybridized carbons (Fsp3) is 0.294. The normalized spacial score (nSPS) is 11.9. The molecule has 2 N–H and O–H groups in total. The number of alkyl halides is 3. The molecule has 0 saturated heterocycles. The molecule has 0 unspecified atom stereocenters. The van der Waals surface area contributed by atoms with Crippen LogP contribution in [0.3, 0.4) is 0 Å². The number of rotatable bonds is 6. The Balaban J connectivity index is 1.76. The average molecular weight is 383 g/mol. The highest BCUT2D eigenvalue weighted by atomic mass is 32.2. The van der Waals surface area contributed by atoms with E-state index in [9.17, 15) is 13.2 Å². The van der Waals surface area contributed by atoms with Crippen LogP contribution in [0, 0.1) is 6.92 Å². The highest BCUT2D eigenvalue weighted by molar-refractivity contribution is 7.98. The van der Waals surface area contributed by atoms with Crippen LogP contribution in [0.25, 0.3) is 11.0 Å². The van der Waals surface area contributed by atoms with E-state index in [1.807, 2.05) is 6.92 Å². The first-order chi connectivity index (χ1) is 12.4. The van der Waals surface area contributed by atoms with Crippen LogP contribution < -0.4 is 4.74 Å². The molecule has 0 aliphatic rings. The number of halogens is 3. The topological polar surface area (TPSA) is 71.0 Å². The van der Waals surface area contributed by atoms with E-state index in [4.69, 9.17) is 9.84 Å². The van der Waals surface area contributed by atoms with Crippen LogP contribution in [0.2, 0.25) is 0 Å². The first kappa shape index (κ1) is 18.5. The second kappa shape index (κ2) is 7.55. The van der Waals surface area contributed by atoms with Gasteiger partial charge in [0.2, 0.25) is 0 Å². The summed E-state index contributed by atoms with van der Waals surface area (Å²) >= 11 is 1.34. The molecule has 138 valence electrons. The van der Waals surface area contributed by atoms with Crippen LogP contribution in [0.1, 0.15) is 16.8 Å². The summed E-state index contributed by atoms with van der Waals surface area (Å²) in [7, 11) is 0. The lowest BCUT2D eigenvalue weighted by atomic mass is 10.2. The molecule has 5 nitrogen and oxygen atoms in total. The number of H-pyrrole nitrogens is 1. The molecule has 0 saturated carbocycles. The van der Waals surface area contributed by atoms with Gasteiger partial charge in [-0.05, 0) is 31.2 Å². The van der Waals surface area contributed by atoms with E-state index in [1.165, 1.54) is 17.8 Å². The number of aromatic amines is 1. The summed E-state index contributed by atoms with van der Waals surface area (Å²) in [6.45, 7) is 1.98. The molecule has 2 aromatic heterocycles. The molecule has 0 bridgehead atoms. The fourth-order valence-electron chi connectivity index (χ4n) is 2.38. The standard InChI is InChI=1S/C17H16F3N3O2S/c1-10-14(21-5-4-15(10)25-7-6-24)9-26-16-22-12-3-2-11(17(18,19)20)8-13(12)23-16/h2-5,8,24H,6-7,9H2,1H3,(H,22,23). The van der Waals surface area contributed by atoms with Gasteiger partial charge in [0.1, 0.15) is 12.4 Å². The van der Waals surface area contributed by atoms with Gasteiger partial charge in [-0.25, -0.2) is 4.98 Å². The number of nitrogens with zero attached hydrogens (tertiary/aromatic N) is 2. The molecule has 0 aliphatic heterocycles. The van der Waals surface area contributed by atoms with E-state index in [2.05, 4.69) is 15.0 Å². The molecule has 2 heterocycles. The number of nitrogens with one attached hydrogen (secondary N) is 1. The Morgan fingerprint density at radius 3 is 2.81 bits per heavy atom. The first-order valence-electron chi connectivity index (χ1n) is 7.76. The maximum atomic E-state index is 12.8. The molecule has 0 atom stereocenters. The van der Waals surface area contributed by atoms with Gasteiger partial charge in [0.25, 0.3) is 0 Å². The number of hydrogen-bond donors (Lipinski definition) is 2. The maximum absolute atomic E-state index is 12.8. The zero-order chi connectivity index (χ0) is 18.7. The minimum atomic E-state index is -4.39. The molecule has 3 rings (SSSR count). The molecule has 0 radical (unpaired) electrons. The van der Waals surface area contributed by atoms with Gasteiger partial charge in [0, 0.05) is 17.5 Å². The van der Waals surface area contributed by atoms with E-state index in [0.717, 1.165) is 23.4 Å². The Morgan fingerprint density at radius 2 is 2.08 bits per heavy atom. The Morgan fingerprint density at radius 1 is 1.27 bits per heavy atom. The quantitative estimate of drug-likeness (QED) is 0.631. The van der Waals surface area contributed by atoms with Crippen LogP contribution >= 0.6 is 11.8 Å². The predicted octanol–water partition coefficient (Wildman–Crippen LogP) is 3.95. The molecular formula is C17H16F3N3O2S. The van der Waals surface area contributed by atoms with Gasteiger partial charge in [-0.15, -0.1) is 0 Å². The lowest BCUT2D eigenvalue weighted by molar-refractivity contribution is -0.137. The van der Waals surface area contributed by atoms with Crippen LogP contribution in [-0.2, 0) is 11.9 Å². The van der Waals surface area contributed by atoms with E-state index in [-0.39, 0.29) is 13.2 Å². The molecule has 3 aromatic rings. The molecule has 0 fully saturated rings. The van der Waals surface area contributed by atoms with E-state index >= 15 is 0 Å². The lowest BCUT2D eigenvalue weighted by Gasteiger charge is -2.10. The summed E-state index contributed by atoms with van der Waals surface area (Å²) in [6, 6.07) is 5.15. The monoisotopic (exact) mass is 383 g/mol. The number of thioether (sulfide) groups is 1. The van der Waals surface area contributed by atoms with Crippen LogP contribution in [0.4, 0.5) is 13.2 Å². The third-order valence-electron chi connectivity index (χ3n) is 3.74. The van der Waals surface area contributed by atoms with Gasteiger partial charge in [0.15, 0.2) is 5.16 Å². The summed E-state index contributed by atoms with van der Waals surface area (Å²) in [6.07, 6.45) is -2.77. The van der Waals surface area contributed by atoms with Gasteiger partial charge in [-0.3, -0.25) is 4.98 Å². The fourth-order valence-corrected chi connectivity index (χ4v) is 3.29. The smallest absolute Gasteiger partial charge is 0.416 e. The number of ether oxygens (including phenoxy) is 1. The first-order valence-corrected chi connectivity index (χ1v) is 8.75. The Kier molecular flexibility index (Phi) is 5.38. The Labute approximate surface area is 151 Å². The second-order valence-corrected chi connectivity index (χ2v) is 6.48. The van der Waals surface area contributed by atoms with E-state index in [0.29, 0.717) is 27.7 Å². The van der Waals surface area contributed by atoms with Gasteiger partial charge in [-0.2, -0.15) is 13.2 Å². The lowest BCUT2D eigenvalue weighted by Crippen LogP contribution is -2.04. The highest BCUT2D eigenvalue weighted by Crippen LogP contribution is 2.32. The largest absolute Gasteiger partial charge is 0.491 e. The van der Waals surface area contributed by atoms with Gasteiger partial charge < -0.3 is 14.8 Å². The molecule has 0 spiro atoms. The molecule has 0 amide bonds. The van der Waals surface area contributed by atoms with Crippen molar-refractivity contribution >= 4 is 22.8 Å². The zero-order valence-corrected chi connectivity index (χ0v) is 14.6. The van der Waals surface area contributed by atoms with Crippen molar-refractivity contribution in [2.24, 2.45) is 0 Å². The van der Waals surface area contributed by atoms with Gasteiger partial charge in [0.05, 0.1) is 28.9 Å². The van der Waals surface area contributed by atoms with Crippen LogP contribution in [0.5, 0.6) is 5.75 Å². The minimum Gasteiger partial charge on any atom is -0.491 e. The van der Waals surface area contributed by atoms with Crippen molar-refractivity contribution in [1.82, 2.24) is 15.0 Å². The van der Waals surface area contributed by atoms with Crippen molar-refractivity contribution in [2.75, 3.05) is 13.2 Å². The van der Waals surface area contributed by atoms with Crippen molar-refractivity contribution in [2.45, 2.75) is 24.0 Å². The Bertz CT molecular complexity index is 912. The summed E-state index contributed by atoms with van der Waals surface area (Å²) in [5, 5.41) is 9.37. The van der Waals surface area contributed by atoms with E-state index in [1.54, 1.807) is 12.3 Å². The Hall–Kier alpha value is -2.26. The molecule has 0 aliphatic carbocycles. The number of aromatic nitrogens is 3. The summed E-state index contributed by atoms with van der Waals surface area (Å²) in [5.41, 5.74) is 1.74. The number of benzene rings is 1. The van der Waals surface area contributed by atoms with Crippen molar-refractivity contribution in [1.29, 1.82) is 0 Å². The highest BCUT2D eigenvalue weighted by Gasteiger charge is 2.30. The number of hydrogen-bond acceptors (Lipinski definition) is 5. The molecule has 1 aromatic carbocycles. The van der Waals surface area contributed by atoms with Crippen molar-refractivity contribution in [3.05, 3.63) is 47.3 Å². The number of imidazole rings is 1. The molecular weight excluding hydrogens is 367 g/mol. The predicted molar refractivity (Wildman–Crippen MR) is 92.2 cm³/mol. The van der Waals surface area contributed by atoms with E-state index < -0.39 is 11.7 Å². The summed E-state index contributed by atoms with van der Waals surface area (Å²) < 4.78 is 43.8. The third-order valence-corrected chi connectivity index (χ3v) is 4.63. The summed E-state index contributed by atoms with van der Waals surface area (Å²) in [5.74, 6) is 1.12. The number of aliphatic hydroxyl groups is 1. The number of fused-ring (bicyclic) bond motifs is 1. The van der Waals surface area contributed by atoms with Crippen molar-refractivity contribution in [3.8, 4) is 5.75 Å². The number of aliphatic hydroxyl groups excluding tert-OH is 1. The maximum Gasteiger partial charge on any atom is 0.416 e. The van der Waals surface area contributed by atoms with Gasteiger partial charge in [-0.1, -0.05) is 11.8 Å². The second-order valence-electron chi connectivity index (χ2n) is 5.51. The van der Waals surface area contributed by atoms with Crippen LogP contribution in [0.15, 0.2) is 35.6 Å². The molecule has 9 heteroatoms. The van der Waals surface area contributed by atoms with Gasteiger partial charge >= 0.3 is 6.18 Å². The number of pyridine rings is 1. The van der Waals surface area contributed by atoms with Crippen LogP contribution in [-0.4, -0.2) is 33.3 Å². The zero-order valence-electron chi connectivity index (χ0n) is 13.8. The minimum absolute atomic E-state index is 0.0786. The summed E-state index contributed by atoms with van der Waals surface area (Å²) in [4.78, 5) is 11.5. The average Bonchev–Trinajstić information content (AvgIpc) is 3.01. The van der Waals surface area contributed by atoms with Crippen molar-refractivity contribution in [3.63, 3.8) is 0 Å². The SMILES string of the molecule is Cc1c(OCCO)ccnc1CSc1nc2ccc(C(F)(F)F)cc2[nH]1. The molecule has 26 heavy (non-hydrogen) atoms.